The van der Waals surface area contributed by atoms with Crippen LogP contribution in [0.3, 0.4) is 0 Å². The van der Waals surface area contributed by atoms with Crippen molar-refractivity contribution in [1.29, 1.82) is 0 Å². The quantitative estimate of drug-likeness (QED) is 0.909. The van der Waals surface area contributed by atoms with Crippen LogP contribution in [0.25, 0.3) is 0 Å². The largest absolute Gasteiger partial charge is 0.326 e. The number of benzene rings is 1. The molecule has 0 spiro atoms. The zero-order valence-electron chi connectivity index (χ0n) is 12.3. The van der Waals surface area contributed by atoms with Crippen LogP contribution < -0.4 is 11.5 Å². The number of nitrogens with zero attached hydrogens (tertiary/aromatic N) is 1. The van der Waals surface area contributed by atoms with Crippen molar-refractivity contribution in [2.45, 2.75) is 43.2 Å². The first-order valence-electron chi connectivity index (χ1n) is 7.72. The molecule has 0 bridgehead atoms. The maximum absolute atomic E-state index is 6.85. The Bertz CT molecular complexity index is 530. The summed E-state index contributed by atoms with van der Waals surface area (Å²) in [7, 11) is 0. The minimum atomic E-state index is -0.423. The van der Waals surface area contributed by atoms with Crippen LogP contribution in [0.5, 0.6) is 0 Å². The van der Waals surface area contributed by atoms with Crippen molar-refractivity contribution < 1.29 is 0 Å². The van der Waals surface area contributed by atoms with E-state index in [1.165, 1.54) is 12.0 Å². The van der Waals surface area contributed by atoms with Crippen LogP contribution in [-0.2, 0) is 0 Å². The number of hydrogen-bond acceptors (Lipinski definition) is 3. The Hall–Kier alpha value is -1.71. The third-order valence-corrected chi connectivity index (χ3v) is 4.72. The summed E-state index contributed by atoms with van der Waals surface area (Å²) in [6.45, 7) is 0. The molecule has 0 aliphatic heterocycles. The zero-order chi connectivity index (χ0) is 14.7. The highest BCUT2D eigenvalue weighted by Crippen LogP contribution is 2.40. The van der Waals surface area contributed by atoms with Crippen LogP contribution in [0, 0.1) is 0 Å². The Balaban J connectivity index is 2.08. The topological polar surface area (TPSA) is 64.9 Å². The summed E-state index contributed by atoms with van der Waals surface area (Å²) in [5.41, 5.74) is 15.1. The normalized spacial score (nSPS) is 27.2. The van der Waals surface area contributed by atoms with Gasteiger partial charge in [0.25, 0.3) is 0 Å². The van der Waals surface area contributed by atoms with Gasteiger partial charge in [-0.3, -0.25) is 4.98 Å². The van der Waals surface area contributed by atoms with Crippen molar-refractivity contribution in [2.75, 3.05) is 0 Å². The lowest BCUT2D eigenvalue weighted by molar-refractivity contribution is 0.225. The second-order valence-corrected chi connectivity index (χ2v) is 6.06. The van der Waals surface area contributed by atoms with Crippen molar-refractivity contribution in [3.05, 3.63) is 66.0 Å². The number of nitrogens with two attached hydrogens (primary N) is 2. The summed E-state index contributed by atoms with van der Waals surface area (Å²) in [5.74, 6) is 0.0511. The molecular formula is C18H23N3. The minimum absolute atomic E-state index is 0.0125. The molecule has 3 nitrogen and oxygen atoms in total. The molecule has 110 valence electrons. The van der Waals surface area contributed by atoms with E-state index in [0.717, 1.165) is 25.0 Å². The van der Waals surface area contributed by atoms with Crippen LogP contribution in [0.1, 0.15) is 42.9 Å². The Morgan fingerprint density at radius 1 is 1.05 bits per heavy atom. The first-order valence-corrected chi connectivity index (χ1v) is 7.72. The first-order chi connectivity index (χ1) is 10.2. The maximum Gasteiger partial charge on any atom is 0.0497 e. The molecule has 0 saturated heterocycles. The Labute approximate surface area is 126 Å². The molecule has 1 aromatic carbocycles. The van der Waals surface area contributed by atoms with E-state index in [2.05, 4.69) is 35.3 Å². The highest BCUT2D eigenvalue weighted by Gasteiger charge is 2.43. The van der Waals surface area contributed by atoms with Gasteiger partial charge < -0.3 is 11.5 Å². The van der Waals surface area contributed by atoms with Crippen molar-refractivity contribution in [2.24, 2.45) is 11.5 Å². The van der Waals surface area contributed by atoms with Crippen LogP contribution in [0.2, 0.25) is 0 Å². The molecule has 1 fully saturated rings. The van der Waals surface area contributed by atoms with Crippen molar-refractivity contribution >= 4 is 0 Å². The summed E-state index contributed by atoms with van der Waals surface area (Å²) in [6, 6.07) is 16.5. The fourth-order valence-electron chi connectivity index (χ4n) is 3.56. The highest BCUT2D eigenvalue weighted by molar-refractivity contribution is 5.34. The molecule has 3 atom stereocenters. The molecule has 4 N–H and O–H groups in total. The van der Waals surface area contributed by atoms with Gasteiger partial charge in [-0.1, -0.05) is 49.2 Å². The molecule has 0 radical (unpaired) electrons. The fourth-order valence-corrected chi connectivity index (χ4v) is 3.56. The van der Waals surface area contributed by atoms with Gasteiger partial charge in [-0.15, -0.1) is 0 Å². The number of aromatic nitrogens is 1. The lowest BCUT2D eigenvalue weighted by Gasteiger charge is -2.45. The smallest absolute Gasteiger partial charge is 0.0497 e. The predicted molar refractivity (Wildman–Crippen MR) is 85.9 cm³/mol. The third kappa shape index (κ3) is 2.71. The Morgan fingerprint density at radius 3 is 2.48 bits per heavy atom. The molecule has 21 heavy (non-hydrogen) atoms. The van der Waals surface area contributed by atoms with E-state index in [9.17, 15) is 0 Å². The van der Waals surface area contributed by atoms with Crippen molar-refractivity contribution in [1.82, 2.24) is 4.98 Å². The molecule has 1 aliphatic carbocycles. The second-order valence-electron chi connectivity index (χ2n) is 6.06. The molecule has 3 unspecified atom stereocenters. The summed E-state index contributed by atoms with van der Waals surface area (Å²) in [5, 5.41) is 0. The van der Waals surface area contributed by atoms with Crippen LogP contribution in [0.15, 0.2) is 54.7 Å². The van der Waals surface area contributed by atoms with Gasteiger partial charge in [0.1, 0.15) is 0 Å². The van der Waals surface area contributed by atoms with Crippen molar-refractivity contribution in [3.63, 3.8) is 0 Å². The second kappa shape index (κ2) is 5.96. The summed E-state index contributed by atoms with van der Waals surface area (Å²) in [4.78, 5) is 4.57. The average Bonchev–Trinajstić information content (AvgIpc) is 2.53. The van der Waals surface area contributed by atoms with Gasteiger partial charge in [-0.05, 0) is 30.5 Å². The number of rotatable bonds is 3. The average molecular weight is 281 g/mol. The molecule has 3 rings (SSSR count). The van der Waals surface area contributed by atoms with Crippen LogP contribution in [0.4, 0.5) is 0 Å². The third-order valence-electron chi connectivity index (χ3n) is 4.72. The first kappa shape index (κ1) is 14.2. The van der Waals surface area contributed by atoms with Crippen LogP contribution in [-0.4, -0.2) is 16.6 Å². The fraction of sp³-hybridized carbons (Fsp3) is 0.389. The highest BCUT2D eigenvalue weighted by atomic mass is 14.9. The van der Waals surface area contributed by atoms with Gasteiger partial charge in [0.15, 0.2) is 0 Å². The Kier molecular flexibility index (Phi) is 4.04. The van der Waals surface area contributed by atoms with Gasteiger partial charge in [0.2, 0.25) is 0 Å². The van der Waals surface area contributed by atoms with E-state index in [-0.39, 0.29) is 12.0 Å². The number of pyridine rings is 1. The van der Waals surface area contributed by atoms with E-state index < -0.39 is 5.54 Å². The van der Waals surface area contributed by atoms with Gasteiger partial charge in [0, 0.05) is 29.4 Å². The molecule has 1 saturated carbocycles. The summed E-state index contributed by atoms with van der Waals surface area (Å²) < 4.78 is 0. The summed E-state index contributed by atoms with van der Waals surface area (Å²) in [6.07, 6.45) is 6.09. The molecule has 1 heterocycles. The van der Waals surface area contributed by atoms with E-state index >= 15 is 0 Å². The van der Waals surface area contributed by atoms with Crippen LogP contribution >= 0.6 is 0 Å². The molecule has 1 aliphatic rings. The van der Waals surface area contributed by atoms with Gasteiger partial charge in [-0.2, -0.15) is 0 Å². The molecule has 2 aromatic rings. The van der Waals surface area contributed by atoms with E-state index in [1.807, 2.05) is 24.4 Å². The van der Waals surface area contributed by atoms with Crippen molar-refractivity contribution in [3.8, 4) is 0 Å². The van der Waals surface area contributed by atoms with E-state index in [1.54, 1.807) is 0 Å². The Morgan fingerprint density at radius 2 is 1.81 bits per heavy atom. The predicted octanol–water partition coefficient (Wildman–Crippen LogP) is 2.81. The standard InChI is InChI=1S/C18H23N3/c19-16-11-4-6-12-18(16,20)17(14-8-2-1-3-9-14)15-10-5-7-13-21-15/h1-3,5,7-10,13,16-17H,4,6,11-12,19-20H2. The summed E-state index contributed by atoms with van der Waals surface area (Å²) >= 11 is 0. The van der Waals surface area contributed by atoms with Gasteiger partial charge in [-0.25, -0.2) is 0 Å². The monoisotopic (exact) mass is 281 g/mol. The van der Waals surface area contributed by atoms with E-state index in [0.29, 0.717) is 0 Å². The lowest BCUT2D eigenvalue weighted by Crippen LogP contribution is -2.61. The molecular weight excluding hydrogens is 258 g/mol. The SMILES string of the molecule is NC1CCCCC1(N)C(c1ccccc1)c1ccccn1. The van der Waals surface area contributed by atoms with Gasteiger partial charge in [0.05, 0.1) is 0 Å². The minimum Gasteiger partial charge on any atom is -0.326 e. The molecule has 1 aromatic heterocycles. The van der Waals surface area contributed by atoms with Gasteiger partial charge >= 0.3 is 0 Å². The zero-order valence-corrected chi connectivity index (χ0v) is 12.3. The maximum atomic E-state index is 6.85. The molecule has 3 heteroatoms. The van der Waals surface area contributed by atoms with E-state index in [4.69, 9.17) is 11.5 Å². The lowest BCUT2D eigenvalue weighted by atomic mass is 9.67. The molecule has 0 amide bonds. The number of hydrogen-bond donors (Lipinski definition) is 2.